The van der Waals surface area contributed by atoms with Gasteiger partial charge in [0.25, 0.3) is 0 Å². The molecule has 6 heteroatoms. The van der Waals surface area contributed by atoms with E-state index in [9.17, 15) is 9.90 Å². The third kappa shape index (κ3) is 6.99. The van der Waals surface area contributed by atoms with Gasteiger partial charge in [0.05, 0.1) is 5.76 Å². The zero-order valence-electron chi connectivity index (χ0n) is 27.9. The number of carbonyl (C=O) groups excluding carboxylic acids is 1. The largest absolute Gasteiger partial charge is 0.512 e. The summed E-state index contributed by atoms with van der Waals surface area (Å²) in [6.45, 7) is 17.1. The van der Waals surface area contributed by atoms with Crippen LogP contribution in [0.2, 0.25) is 0 Å². The van der Waals surface area contributed by atoms with Crippen molar-refractivity contribution in [3.63, 3.8) is 0 Å². The molecule has 241 valence electrons. The molecule has 1 aliphatic carbocycles. The molecule has 2 aromatic carbocycles. The fraction of sp³-hybridized carbons (Fsp3) is 0.436. The van der Waals surface area contributed by atoms with Crippen LogP contribution in [0.5, 0.6) is 0 Å². The van der Waals surface area contributed by atoms with E-state index in [0.717, 1.165) is 65.8 Å². The van der Waals surface area contributed by atoms with Crippen molar-refractivity contribution < 1.29 is 34.4 Å². The second-order valence-electron chi connectivity index (χ2n) is 13.4. The monoisotopic (exact) mass is 801 g/mol. The van der Waals surface area contributed by atoms with E-state index in [1.807, 2.05) is 33.9 Å². The molecule has 0 unspecified atom stereocenters. The smallest absolute Gasteiger partial charge is 0.188 e. The van der Waals surface area contributed by atoms with Crippen LogP contribution >= 0.6 is 11.3 Å². The average Bonchev–Trinajstić information content (AvgIpc) is 3.44. The predicted molar refractivity (Wildman–Crippen MR) is 186 cm³/mol. The van der Waals surface area contributed by atoms with E-state index < -0.39 is 0 Å². The van der Waals surface area contributed by atoms with Crippen LogP contribution in [0.4, 0.5) is 0 Å². The molecule has 0 fully saturated rings. The Kier molecular flexibility index (Phi) is 11.2. The van der Waals surface area contributed by atoms with Gasteiger partial charge in [-0.3, -0.25) is 9.78 Å². The molecule has 5 aromatic rings. The second-order valence-corrected chi connectivity index (χ2v) is 14.4. The minimum atomic E-state index is 0. The Labute approximate surface area is 285 Å². The number of furan rings is 1. The predicted octanol–water partition coefficient (Wildman–Crippen LogP) is 11.3. The molecule has 3 heterocycles. The molecule has 1 radical (unpaired) electrons. The van der Waals surface area contributed by atoms with Gasteiger partial charge in [-0.2, -0.15) is 0 Å². The van der Waals surface area contributed by atoms with Crippen LogP contribution in [-0.2, 0) is 37.7 Å². The van der Waals surface area contributed by atoms with Crippen molar-refractivity contribution in [2.45, 2.75) is 93.9 Å². The Balaban J connectivity index is 0.000000249. The molecule has 4 nitrogen and oxygen atoms in total. The van der Waals surface area contributed by atoms with E-state index in [0.29, 0.717) is 0 Å². The molecule has 1 aliphatic rings. The maximum Gasteiger partial charge on any atom is 0.188 e. The first-order valence-corrected chi connectivity index (χ1v) is 17.0. The second kappa shape index (κ2) is 14.3. The molecular formula is C39H46IrNO3S-. The molecule has 45 heavy (non-hydrogen) atoms. The fourth-order valence-corrected chi connectivity index (χ4v) is 7.64. The van der Waals surface area contributed by atoms with Gasteiger partial charge < -0.3 is 9.52 Å². The topological polar surface area (TPSA) is 63.3 Å². The molecular weight excluding hydrogens is 755 g/mol. The third-order valence-electron chi connectivity index (χ3n) is 9.13. The van der Waals surface area contributed by atoms with Gasteiger partial charge in [0.15, 0.2) is 10.7 Å². The summed E-state index contributed by atoms with van der Waals surface area (Å²) in [6, 6.07) is 14.4. The van der Waals surface area contributed by atoms with E-state index in [1.165, 1.54) is 43.6 Å². The van der Waals surface area contributed by atoms with Crippen molar-refractivity contribution in [3.8, 4) is 11.3 Å². The molecule has 1 N–H and O–H groups in total. The maximum absolute atomic E-state index is 11.7. The number of allylic oxidation sites excluding steroid dienone is 2. The van der Waals surface area contributed by atoms with Crippen LogP contribution in [0, 0.1) is 30.2 Å². The van der Waals surface area contributed by atoms with Crippen LogP contribution in [0.25, 0.3) is 42.4 Å². The summed E-state index contributed by atoms with van der Waals surface area (Å²) < 4.78 is 7.71. The third-order valence-corrected chi connectivity index (χ3v) is 10.2. The summed E-state index contributed by atoms with van der Waals surface area (Å²) in [4.78, 5) is 17.6. The van der Waals surface area contributed by atoms with Crippen molar-refractivity contribution in [3.05, 3.63) is 76.9 Å². The molecule has 3 aromatic heterocycles. The molecule has 0 spiro atoms. The van der Waals surface area contributed by atoms with Crippen LogP contribution in [0.15, 0.2) is 52.8 Å². The average molecular weight is 801 g/mol. The Morgan fingerprint density at radius 3 is 2.33 bits per heavy atom. The summed E-state index contributed by atoms with van der Waals surface area (Å²) in [5, 5.41) is 14.7. The van der Waals surface area contributed by atoms with Gasteiger partial charge in [0.1, 0.15) is 5.76 Å². The Morgan fingerprint density at radius 1 is 1.02 bits per heavy atom. The summed E-state index contributed by atoms with van der Waals surface area (Å²) in [6.07, 6.45) is 8.65. The normalized spacial score (nSPS) is 12.9. The molecule has 0 amide bonds. The summed E-state index contributed by atoms with van der Waals surface area (Å²) in [7, 11) is 0. The number of thiophene rings is 1. The van der Waals surface area contributed by atoms with Gasteiger partial charge >= 0.3 is 0 Å². The number of ketones is 1. The number of carbonyl (C=O) groups is 1. The van der Waals surface area contributed by atoms with E-state index in [4.69, 9.17) is 9.40 Å². The van der Waals surface area contributed by atoms with Gasteiger partial charge in [-0.15, -0.1) is 28.6 Å². The molecule has 0 atom stereocenters. The van der Waals surface area contributed by atoms with Gasteiger partial charge in [-0.05, 0) is 54.5 Å². The van der Waals surface area contributed by atoms with Crippen LogP contribution < -0.4 is 0 Å². The molecule has 0 bridgehead atoms. The standard InChI is InChI=1S/C26H22NOS.C13H24O2.Ir/c1-14-16-8-6-5-7-15(16)11-18-17(14)12-19-20(13-26(2,3)4)28-25-22(19)23-21(29-25)9-10-27-24(18)23;1-5-10(6-2)12(14)9-13(15)11(7-3)8-4;/h5-10H,12-13H2,1-4H3;9-11,14H,5-8H2,1-4H3;/q-1;;/b;12-9-;. The molecule has 0 saturated carbocycles. The van der Waals surface area contributed by atoms with Crippen molar-refractivity contribution in [1.29, 1.82) is 0 Å². The Bertz CT molecular complexity index is 1850. The van der Waals surface area contributed by atoms with E-state index in [-0.39, 0.29) is 48.9 Å². The maximum atomic E-state index is 11.7. The van der Waals surface area contributed by atoms with E-state index >= 15 is 0 Å². The zero-order chi connectivity index (χ0) is 31.8. The van der Waals surface area contributed by atoms with E-state index in [2.05, 4.69) is 64.1 Å². The fourth-order valence-electron chi connectivity index (χ4n) is 6.54. The van der Waals surface area contributed by atoms with Crippen molar-refractivity contribution in [2.24, 2.45) is 17.3 Å². The molecule has 0 aliphatic heterocycles. The quantitative estimate of drug-likeness (QED) is 0.0946. The van der Waals surface area contributed by atoms with Gasteiger partial charge in [-0.25, -0.2) is 0 Å². The number of rotatable bonds is 8. The Morgan fingerprint density at radius 2 is 1.69 bits per heavy atom. The Hall–Kier alpha value is -2.79. The summed E-state index contributed by atoms with van der Waals surface area (Å²) >= 11 is 1.75. The van der Waals surface area contributed by atoms with Gasteiger partial charge in [0, 0.05) is 66.4 Å². The minimum absolute atomic E-state index is 0. The number of hydrogen-bond acceptors (Lipinski definition) is 5. The number of nitrogens with zero attached hydrogens (tertiary/aromatic N) is 1. The number of pyridine rings is 1. The molecule has 6 rings (SSSR count). The minimum Gasteiger partial charge on any atom is -0.512 e. The number of benzene rings is 2. The van der Waals surface area contributed by atoms with Crippen molar-refractivity contribution in [2.75, 3.05) is 0 Å². The number of aliphatic hydroxyl groups is 1. The number of aromatic nitrogens is 1. The van der Waals surface area contributed by atoms with Crippen molar-refractivity contribution >= 4 is 48.3 Å². The SMILES string of the molecule is CCC(CC)C(=O)/C=C(\O)C(CC)CC.Cc1c2c([c-]c3ccccc13)-c1nccc3sc4oc(CC(C)(C)C)c(c4c13)C2.[Ir]. The number of hydrogen-bond donors (Lipinski definition) is 1. The molecule has 0 saturated heterocycles. The first-order valence-electron chi connectivity index (χ1n) is 16.2. The van der Waals surface area contributed by atoms with E-state index in [1.54, 1.807) is 11.3 Å². The van der Waals surface area contributed by atoms with Gasteiger partial charge in [0.2, 0.25) is 0 Å². The number of fused-ring (bicyclic) bond motifs is 3. The number of aryl methyl sites for hydroxylation is 1. The van der Waals surface area contributed by atoms with Crippen LogP contribution in [0.3, 0.4) is 0 Å². The first-order chi connectivity index (χ1) is 21.0. The zero-order valence-corrected chi connectivity index (χ0v) is 31.1. The van der Waals surface area contributed by atoms with Crippen LogP contribution in [-0.4, -0.2) is 15.9 Å². The van der Waals surface area contributed by atoms with Crippen molar-refractivity contribution in [1.82, 2.24) is 4.98 Å². The summed E-state index contributed by atoms with van der Waals surface area (Å²) in [5.74, 6) is 1.68. The summed E-state index contributed by atoms with van der Waals surface area (Å²) in [5.41, 5.74) is 6.40. The number of aliphatic hydroxyl groups excluding tert-OH is 1. The van der Waals surface area contributed by atoms with Crippen LogP contribution in [0.1, 0.15) is 96.6 Å². The van der Waals surface area contributed by atoms with Gasteiger partial charge in [-0.1, -0.05) is 95.9 Å². The first kappa shape index (κ1) is 35.1.